The Bertz CT molecular complexity index is 529. The number of nitrogen functional groups attached to an aromatic ring is 1. The summed E-state index contributed by atoms with van der Waals surface area (Å²) in [6.07, 6.45) is 4.73. The number of carbonyl (C=O) groups excluding carboxylic acids is 1. The summed E-state index contributed by atoms with van der Waals surface area (Å²) >= 11 is 0. The van der Waals surface area contributed by atoms with Crippen LogP contribution in [0.1, 0.15) is 31.2 Å². The van der Waals surface area contributed by atoms with E-state index in [0.29, 0.717) is 6.54 Å². The van der Waals surface area contributed by atoms with Crippen molar-refractivity contribution < 1.29 is 9.53 Å². The van der Waals surface area contributed by atoms with Gasteiger partial charge in [0.25, 0.3) is 0 Å². The molecule has 134 valence electrons. The predicted molar refractivity (Wildman–Crippen MR) is 98.2 cm³/mol. The highest BCUT2D eigenvalue weighted by Gasteiger charge is 2.24. The first-order valence-electron chi connectivity index (χ1n) is 8.67. The maximum atomic E-state index is 12.5. The molecule has 2 fully saturated rings. The van der Waals surface area contributed by atoms with E-state index in [-0.39, 0.29) is 24.4 Å². The maximum Gasteiger partial charge on any atom is 0.236 e. The van der Waals surface area contributed by atoms with Crippen LogP contribution in [0.3, 0.4) is 0 Å². The minimum Gasteiger partial charge on any atom is -0.399 e. The number of benzene rings is 1. The molecular formula is C18H28ClN3O2. The molecule has 0 aliphatic carbocycles. The van der Waals surface area contributed by atoms with Crippen molar-refractivity contribution in [2.45, 2.75) is 38.3 Å². The van der Waals surface area contributed by atoms with Crippen molar-refractivity contribution >= 4 is 24.0 Å². The quantitative estimate of drug-likeness (QED) is 0.797. The number of nitrogens with two attached hydrogens (primary N) is 1. The molecule has 0 saturated carbocycles. The average Bonchev–Trinajstić information content (AvgIpc) is 3.20. The molecule has 2 saturated heterocycles. The summed E-state index contributed by atoms with van der Waals surface area (Å²) in [5, 5.41) is 0. The first-order valence-corrected chi connectivity index (χ1v) is 8.67. The number of ether oxygens (including phenoxy) is 1. The standard InChI is InChI=1S/C18H27N3O2.ClH/c19-16-6-3-5-15(11-16)12-20(13-17-7-4-10-23-17)14-18(22)21-8-1-2-9-21;/h3,5-6,11,17H,1-2,4,7-10,12-14,19H2;1H. The van der Waals surface area contributed by atoms with E-state index in [9.17, 15) is 4.79 Å². The molecule has 24 heavy (non-hydrogen) atoms. The Balaban J connectivity index is 0.00000208. The van der Waals surface area contributed by atoms with Crippen LogP contribution < -0.4 is 5.73 Å². The van der Waals surface area contributed by atoms with E-state index in [1.165, 1.54) is 0 Å². The Labute approximate surface area is 150 Å². The van der Waals surface area contributed by atoms with E-state index in [2.05, 4.69) is 11.0 Å². The van der Waals surface area contributed by atoms with Crippen LogP contribution in [0.2, 0.25) is 0 Å². The Kier molecular flexibility index (Phi) is 7.34. The van der Waals surface area contributed by atoms with E-state index in [0.717, 1.165) is 69.7 Å². The molecule has 0 radical (unpaired) electrons. The van der Waals surface area contributed by atoms with Gasteiger partial charge in [0.05, 0.1) is 12.6 Å². The summed E-state index contributed by atoms with van der Waals surface area (Å²) in [4.78, 5) is 16.7. The van der Waals surface area contributed by atoms with Crippen molar-refractivity contribution in [3.05, 3.63) is 29.8 Å². The van der Waals surface area contributed by atoms with Gasteiger partial charge >= 0.3 is 0 Å². The van der Waals surface area contributed by atoms with Gasteiger partial charge in [-0.25, -0.2) is 0 Å². The van der Waals surface area contributed by atoms with Crippen LogP contribution >= 0.6 is 12.4 Å². The van der Waals surface area contributed by atoms with E-state index in [1.54, 1.807) is 0 Å². The van der Waals surface area contributed by atoms with E-state index >= 15 is 0 Å². The number of hydrogen-bond donors (Lipinski definition) is 1. The van der Waals surface area contributed by atoms with Crippen molar-refractivity contribution in [3.63, 3.8) is 0 Å². The highest BCUT2D eigenvalue weighted by molar-refractivity contribution is 5.85. The summed E-state index contributed by atoms with van der Waals surface area (Å²) in [7, 11) is 0. The van der Waals surface area contributed by atoms with Gasteiger partial charge < -0.3 is 15.4 Å². The van der Waals surface area contributed by atoms with Crippen LogP contribution in [0.25, 0.3) is 0 Å². The summed E-state index contributed by atoms with van der Waals surface area (Å²) in [6.45, 7) is 4.68. The number of halogens is 1. The predicted octanol–water partition coefficient (Wildman–Crippen LogP) is 2.29. The van der Waals surface area contributed by atoms with Gasteiger partial charge in [0.2, 0.25) is 5.91 Å². The zero-order valence-corrected chi connectivity index (χ0v) is 15.0. The number of anilines is 1. The molecule has 2 N–H and O–H groups in total. The largest absolute Gasteiger partial charge is 0.399 e. The zero-order chi connectivity index (χ0) is 16.1. The molecule has 5 nitrogen and oxygen atoms in total. The van der Waals surface area contributed by atoms with E-state index in [4.69, 9.17) is 10.5 Å². The Morgan fingerprint density at radius 3 is 2.75 bits per heavy atom. The second-order valence-corrected chi connectivity index (χ2v) is 6.64. The van der Waals surface area contributed by atoms with Gasteiger partial charge in [-0.2, -0.15) is 0 Å². The molecule has 2 aliphatic heterocycles. The topological polar surface area (TPSA) is 58.8 Å². The summed E-state index contributed by atoms with van der Waals surface area (Å²) in [6, 6.07) is 7.92. The summed E-state index contributed by atoms with van der Waals surface area (Å²) in [5.41, 5.74) is 7.80. The molecule has 0 aromatic heterocycles. The van der Waals surface area contributed by atoms with Gasteiger partial charge in [-0.15, -0.1) is 12.4 Å². The number of rotatable bonds is 6. The van der Waals surface area contributed by atoms with Gasteiger partial charge in [0.15, 0.2) is 0 Å². The second-order valence-electron chi connectivity index (χ2n) is 6.64. The minimum atomic E-state index is 0. The van der Waals surface area contributed by atoms with Crippen LogP contribution in [0.15, 0.2) is 24.3 Å². The first-order chi connectivity index (χ1) is 11.2. The van der Waals surface area contributed by atoms with Crippen LogP contribution in [-0.4, -0.2) is 54.6 Å². The fraction of sp³-hybridized carbons (Fsp3) is 0.611. The third-order valence-corrected chi connectivity index (χ3v) is 4.66. The first kappa shape index (κ1) is 19.0. The van der Waals surface area contributed by atoms with Crippen LogP contribution in [0.4, 0.5) is 5.69 Å². The number of carbonyl (C=O) groups is 1. The van der Waals surface area contributed by atoms with Crippen molar-refractivity contribution in [2.24, 2.45) is 0 Å². The second kappa shape index (κ2) is 9.25. The third kappa shape index (κ3) is 5.36. The molecular weight excluding hydrogens is 326 g/mol. The Hall–Kier alpha value is -1.30. The molecule has 1 aromatic carbocycles. The highest BCUT2D eigenvalue weighted by Crippen LogP contribution is 2.17. The molecule has 2 heterocycles. The normalized spacial score (nSPS) is 20.4. The molecule has 1 unspecified atom stereocenters. The van der Waals surface area contributed by atoms with Crippen molar-refractivity contribution in [3.8, 4) is 0 Å². The number of amides is 1. The Morgan fingerprint density at radius 1 is 1.29 bits per heavy atom. The van der Waals surface area contributed by atoms with Crippen molar-refractivity contribution in [1.29, 1.82) is 0 Å². The number of nitrogens with zero attached hydrogens (tertiary/aromatic N) is 2. The van der Waals surface area contributed by atoms with Crippen LogP contribution in [0.5, 0.6) is 0 Å². The maximum absolute atomic E-state index is 12.5. The fourth-order valence-electron chi connectivity index (χ4n) is 3.47. The molecule has 0 spiro atoms. The van der Waals surface area contributed by atoms with Gasteiger partial charge in [0, 0.05) is 38.5 Å². The highest BCUT2D eigenvalue weighted by atomic mass is 35.5. The van der Waals surface area contributed by atoms with Crippen molar-refractivity contribution in [1.82, 2.24) is 9.80 Å². The molecule has 2 aliphatic rings. The van der Waals surface area contributed by atoms with Crippen molar-refractivity contribution in [2.75, 3.05) is 38.5 Å². The van der Waals surface area contributed by atoms with Crippen LogP contribution in [0, 0.1) is 0 Å². The number of likely N-dealkylation sites (tertiary alicyclic amines) is 1. The summed E-state index contributed by atoms with van der Waals surface area (Å²) < 4.78 is 5.76. The lowest BCUT2D eigenvalue weighted by atomic mass is 10.1. The van der Waals surface area contributed by atoms with E-state index in [1.807, 2.05) is 23.1 Å². The monoisotopic (exact) mass is 353 g/mol. The lowest BCUT2D eigenvalue weighted by Crippen LogP contribution is -2.41. The average molecular weight is 354 g/mol. The molecule has 1 atom stereocenters. The van der Waals surface area contributed by atoms with Gasteiger partial charge in [-0.05, 0) is 43.4 Å². The smallest absolute Gasteiger partial charge is 0.236 e. The van der Waals surface area contributed by atoms with E-state index < -0.39 is 0 Å². The van der Waals surface area contributed by atoms with Gasteiger partial charge in [-0.1, -0.05) is 12.1 Å². The van der Waals surface area contributed by atoms with Gasteiger partial charge in [0.1, 0.15) is 0 Å². The fourth-order valence-corrected chi connectivity index (χ4v) is 3.47. The lowest BCUT2D eigenvalue weighted by Gasteiger charge is -2.27. The summed E-state index contributed by atoms with van der Waals surface area (Å²) in [5.74, 6) is 0.240. The van der Waals surface area contributed by atoms with Gasteiger partial charge in [-0.3, -0.25) is 9.69 Å². The molecule has 3 rings (SSSR count). The Morgan fingerprint density at radius 2 is 2.08 bits per heavy atom. The zero-order valence-electron chi connectivity index (χ0n) is 14.2. The molecule has 1 aromatic rings. The lowest BCUT2D eigenvalue weighted by molar-refractivity contribution is -0.131. The minimum absolute atomic E-state index is 0. The van der Waals surface area contributed by atoms with Crippen LogP contribution in [-0.2, 0) is 16.1 Å². The molecule has 0 bridgehead atoms. The molecule has 6 heteroatoms. The SMILES string of the molecule is Cl.Nc1cccc(CN(CC(=O)N2CCCC2)CC2CCCO2)c1. The number of hydrogen-bond acceptors (Lipinski definition) is 4. The molecule has 1 amide bonds. The third-order valence-electron chi connectivity index (χ3n) is 4.66.